The Kier molecular flexibility index (Phi) is 4.16. The van der Waals surface area contributed by atoms with E-state index in [0.29, 0.717) is 6.42 Å². The van der Waals surface area contributed by atoms with Gasteiger partial charge in [-0.2, -0.15) is 0 Å². The van der Waals surface area contributed by atoms with Crippen LogP contribution in [0.5, 0.6) is 5.75 Å². The Morgan fingerprint density at radius 2 is 2.00 bits per heavy atom. The van der Waals surface area contributed by atoms with E-state index in [1.54, 1.807) is 31.4 Å². The van der Waals surface area contributed by atoms with Crippen LogP contribution >= 0.6 is 0 Å². The summed E-state index contributed by atoms with van der Waals surface area (Å²) in [5, 5.41) is 10.9. The Labute approximate surface area is 89.7 Å². The van der Waals surface area contributed by atoms with Crippen LogP contribution in [0, 0.1) is 0 Å². The molecule has 0 heterocycles. The Balaban J connectivity index is 2.86. The van der Waals surface area contributed by atoms with E-state index in [1.807, 2.05) is 6.92 Å². The number of carbonyl (C=O) groups is 1. The summed E-state index contributed by atoms with van der Waals surface area (Å²) in [6.07, 6.45) is 1.43. The Morgan fingerprint density at radius 1 is 1.40 bits per heavy atom. The van der Waals surface area contributed by atoms with Crippen molar-refractivity contribution < 1.29 is 14.6 Å². The first-order chi connectivity index (χ1) is 7.19. The van der Waals surface area contributed by atoms with Gasteiger partial charge in [0.2, 0.25) is 0 Å². The van der Waals surface area contributed by atoms with E-state index in [-0.39, 0.29) is 0 Å². The number of aliphatic carboxylic acids is 1. The second-order valence-corrected chi connectivity index (χ2v) is 3.43. The van der Waals surface area contributed by atoms with Gasteiger partial charge < -0.3 is 14.6 Å². The van der Waals surface area contributed by atoms with Crippen molar-refractivity contribution in [2.45, 2.75) is 25.7 Å². The molecule has 1 atom stereocenters. The minimum atomic E-state index is -1.01. The SMILES string of the molecule is CCCC(C(=O)[O-])c1ccc(OC)cc1. The van der Waals surface area contributed by atoms with Crippen LogP contribution in [0.4, 0.5) is 0 Å². The lowest BCUT2D eigenvalue weighted by Crippen LogP contribution is -2.29. The molecular weight excluding hydrogens is 192 g/mol. The average molecular weight is 207 g/mol. The number of rotatable bonds is 5. The largest absolute Gasteiger partial charge is 0.549 e. The number of carboxylic acid groups (broad SMARTS) is 1. The van der Waals surface area contributed by atoms with Crippen LogP contribution in [0.25, 0.3) is 0 Å². The van der Waals surface area contributed by atoms with Gasteiger partial charge in [-0.1, -0.05) is 25.5 Å². The van der Waals surface area contributed by atoms with Crippen molar-refractivity contribution in [1.29, 1.82) is 0 Å². The fraction of sp³-hybridized carbons (Fsp3) is 0.417. The lowest BCUT2D eigenvalue weighted by atomic mass is 9.95. The van der Waals surface area contributed by atoms with Crippen LogP contribution in [-0.4, -0.2) is 13.1 Å². The van der Waals surface area contributed by atoms with Gasteiger partial charge >= 0.3 is 0 Å². The zero-order chi connectivity index (χ0) is 11.3. The Bertz CT molecular complexity index is 316. The number of carbonyl (C=O) groups excluding carboxylic acids is 1. The van der Waals surface area contributed by atoms with E-state index >= 15 is 0 Å². The first-order valence-electron chi connectivity index (χ1n) is 5.03. The second kappa shape index (κ2) is 5.39. The molecule has 0 N–H and O–H groups in total. The van der Waals surface area contributed by atoms with E-state index in [9.17, 15) is 9.90 Å². The third-order valence-electron chi connectivity index (χ3n) is 2.38. The molecule has 1 aromatic rings. The third kappa shape index (κ3) is 2.98. The molecule has 0 amide bonds. The molecule has 82 valence electrons. The van der Waals surface area contributed by atoms with Crippen molar-refractivity contribution in [1.82, 2.24) is 0 Å². The standard InChI is InChI=1S/C12H16O3/c1-3-4-11(12(13)14)9-5-7-10(15-2)8-6-9/h5-8,11H,3-4H2,1-2H3,(H,13,14)/p-1. The number of benzene rings is 1. The molecule has 0 spiro atoms. The van der Waals surface area contributed by atoms with Crippen molar-refractivity contribution in [2.24, 2.45) is 0 Å². The summed E-state index contributed by atoms with van der Waals surface area (Å²) in [7, 11) is 1.58. The number of methoxy groups -OCH3 is 1. The maximum atomic E-state index is 10.9. The zero-order valence-electron chi connectivity index (χ0n) is 9.03. The molecule has 3 heteroatoms. The predicted molar refractivity (Wildman–Crippen MR) is 55.7 cm³/mol. The summed E-state index contributed by atoms with van der Waals surface area (Å²) in [6.45, 7) is 1.96. The molecule has 0 aliphatic heterocycles. The van der Waals surface area contributed by atoms with Gasteiger partial charge in [0.25, 0.3) is 0 Å². The highest BCUT2D eigenvalue weighted by molar-refractivity contribution is 5.74. The second-order valence-electron chi connectivity index (χ2n) is 3.43. The molecule has 1 rings (SSSR count). The van der Waals surface area contributed by atoms with Gasteiger partial charge in [0.1, 0.15) is 5.75 Å². The molecule has 0 saturated carbocycles. The van der Waals surface area contributed by atoms with Crippen LogP contribution in [0.2, 0.25) is 0 Å². The van der Waals surface area contributed by atoms with E-state index in [0.717, 1.165) is 17.7 Å². The summed E-state index contributed by atoms with van der Waals surface area (Å²) >= 11 is 0. The molecular formula is C12H15O3-. The monoisotopic (exact) mass is 207 g/mol. The lowest BCUT2D eigenvalue weighted by Gasteiger charge is -2.17. The molecule has 3 nitrogen and oxygen atoms in total. The quantitative estimate of drug-likeness (QED) is 0.731. The van der Waals surface area contributed by atoms with E-state index in [4.69, 9.17) is 4.74 Å². The summed E-state index contributed by atoms with van der Waals surface area (Å²) in [5.74, 6) is -0.796. The molecule has 0 aromatic heterocycles. The number of ether oxygens (including phenoxy) is 1. The van der Waals surface area contributed by atoms with Crippen LogP contribution in [-0.2, 0) is 4.79 Å². The number of hydrogen-bond acceptors (Lipinski definition) is 3. The summed E-state index contributed by atoms with van der Waals surface area (Å²) in [6, 6.07) is 7.08. The van der Waals surface area contributed by atoms with Crippen LogP contribution in [0.15, 0.2) is 24.3 Å². The topological polar surface area (TPSA) is 49.4 Å². The highest BCUT2D eigenvalue weighted by Gasteiger charge is 2.11. The molecule has 0 radical (unpaired) electrons. The van der Waals surface area contributed by atoms with Gasteiger partial charge in [0.15, 0.2) is 0 Å². The Morgan fingerprint density at radius 3 is 2.40 bits per heavy atom. The molecule has 1 aromatic carbocycles. The molecule has 0 aliphatic carbocycles. The summed E-state index contributed by atoms with van der Waals surface area (Å²) < 4.78 is 5.01. The van der Waals surface area contributed by atoms with Crippen LogP contribution in [0.1, 0.15) is 31.2 Å². The molecule has 0 fully saturated rings. The number of hydrogen-bond donors (Lipinski definition) is 0. The van der Waals surface area contributed by atoms with Crippen molar-refractivity contribution >= 4 is 5.97 Å². The zero-order valence-corrected chi connectivity index (χ0v) is 9.03. The maximum Gasteiger partial charge on any atom is 0.118 e. The van der Waals surface area contributed by atoms with Crippen LogP contribution in [0.3, 0.4) is 0 Å². The van der Waals surface area contributed by atoms with Crippen molar-refractivity contribution in [3.8, 4) is 5.75 Å². The molecule has 15 heavy (non-hydrogen) atoms. The van der Waals surface area contributed by atoms with Crippen molar-refractivity contribution in [3.05, 3.63) is 29.8 Å². The average Bonchev–Trinajstić information content (AvgIpc) is 2.26. The van der Waals surface area contributed by atoms with E-state index in [2.05, 4.69) is 0 Å². The number of carboxylic acids is 1. The lowest BCUT2D eigenvalue weighted by molar-refractivity contribution is -0.308. The molecule has 0 aliphatic rings. The minimum absolute atomic E-state index is 0.513. The first-order valence-corrected chi connectivity index (χ1v) is 5.03. The highest BCUT2D eigenvalue weighted by atomic mass is 16.5. The molecule has 1 unspecified atom stereocenters. The van der Waals surface area contributed by atoms with E-state index in [1.165, 1.54) is 0 Å². The van der Waals surface area contributed by atoms with Gasteiger partial charge in [-0.05, 0) is 24.1 Å². The smallest absolute Gasteiger partial charge is 0.118 e. The summed E-state index contributed by atoms with van der Waals surface area (Å²) in [5.41, 5.74) is 0.776. The van der Waals surface area contributed by atoms with Crippen LogP contribution < -0.4 is 9.84 Å². The normalized spacial score (nSPS) is 12.1. The maximum absolute atomic E-state index is 10.9. The minimum Gasteiger partial charge on any atom is -0.549 e. The summed E-state index contributed by atoms with van der Waals surface area (Å²) in [4.78, 5) is 10.9. The van der Waals surface area contributed by atoms with Gasteiger partial charge in [-0.15, -0.1) is 0 Å². The fourth-order valence-corrected chi connectivity index (χ4v) is 1.55. The van der Waals surface area contributed by atoms with Gasteiger partial charge in [-0.3, -0.25) is 0 Å². The van der Waals surface area contributed by atoms with E-state index < -0.39 is 11.9 Å². The van der Waals surface area contributed by atoms with Crippen molar-refractivity contribution in [3.63, 3.8) is 0 Å². The highest BCUT2D eigenvalue weighted by Crippen LogP contribution is 2.22. The predicted octanol–water partition coefficient (Wildman–Crippen LogP) is 1.33. The Hall–Kier alpha value is -1.51. The fourth-order valence-electron chi connectivity index (χ4n) is 1.55. The third-order valence-corrected chi connectivity index (χ3v) is 2.38. The molecule has 0 saturated heterocycles. The van der Waals surface area contributed by atoms with Gasteiger partial charge in [-0.25, -0.2) is 0 Å². The first kappa shape index (κ1) is 11.6. The molecule has 0 bridgehead atoms. The van der Waals surface area contributed by atoms with Gasteiger partial charge in [0.05, 0.1) is 7.11 Å². The van der Waals surface area contributed by atoms with Crippen molar-refractivity contribution in [2.75, 3.05) is 7.11 Å². The van der Waals surface area contributed by atoms with Gasteiger partial charge in [0, 0.05) is 11.9 Å².